The zero-order chi connectivity index (χ0) is 16.2. The van der Waals surface area contributed by atoms with Crippen LogP contribution in [0.4, 0.5) is 0 Å². The second-order valence-corrected chi connectivity index (χ2v) is 5.64. The van der Waals surface area contributed by atoms with Gasteiger partial charge in [0.25, 0.3) is 0 Å². The molecule has 1 aromatic rings. The van der Waals surface area contributed by atoms with Gasteiger partial charge in [-0.3, -0.25) is 4.99 Å². The molecule has 1 aliphatic heterocycles. The minimum absolute atomic E-state index is 0. The molecule has 0 aliphatic carbocycles. The molecule has 7 nitrogen and oxygen atoms in total. The Kier molecular flexibility index (Phi) is 11.8. The van der Waals surface area contributed by atoms with Crippen LogP contribution < -0.4 is 10.6 Å². The van der Waals surface area contributed by atoms with Crippen molar-refractivity contribution in [2.24, 2.45) is 4.99 Å². The van der Waals surface area contributed by atoms with E-state index in [9.17, 15) is 0 Å². The van der Waals surface area contributed by atoms with Crippen LogP contribution in [0.3, 0.4) is 0 Å². The molecule has 0 amide bonds. The van der Waals surface area contributed by atoms with Gasteiger partial charge < -0.3 is 24.7 Å². The molecule has 8 heteroatoms. The Balaban J connectivity index is 0.00000288. The number of nitrogens with one attached hydrogen (secondary N) is 2. The molecule has 0 aromatic carbocycles. The normalized spacial score (nSPS) is 17.5. The molecule has 1 unspecified atom stereocenters. The fourth-order valence-electron chi connectivity index (χ4n) is 2.48. The molecule has 0 spiro atoms. The number of halogens is 1. The van der Waals surface area contributed by atoms with Gasteiger partial charge in [0.05, 0.1) is 19.0 Å². The van der Waals surface area contributed by atoms with E-state index in [0.717, 1.165) is 64.7 Å². The second kappa shape index (κ2) is 13.4. The van der Waals surface area contributed by atoms with Crippen LogP contribution in [-0.2, 0) is 16.0 Å². The first-order valence-corrected chi connectivity index (χ1v) is 8.48. The maximum Gasteiger partial charge on any atom is 0.190 e. The maximum absolute atomic E-state index is 5.64. The molecule has 1 aliphatic rings. The number of rotatable bonds is 10. The Morgan fingerprint density at radius 1 is 1.38 bits per heavy atom. The van der Waals surface area contributed by atoms with Crippen LogP contribution in [0.5, 0.6) is 0 Å². The van der Waals surface area contributed by atoms with Crippen LogP contribution in [0.1, 0.15) is 25.7 Å². The highest BCUT2D eigenvalue weighted by Gasteiger charge is 2.14. The Bertz CT molecular complexity index is 436. The van der Waals surface area contributed by atoms with Crippen molar-refractivity contribution >= 4 is 29.9 Å². The number of nitrogens with zero attached hydrogens (tertiary/aromatic N) is 3. The van der Waals surface area contributed by atoms with Gasteiger partial charge in [-0.1, -0.05) is 0 Å². The van der Waals surface area contributed by atoms with E-state index in [4.69, 9.17) is 9.47 Å². The number of aryl methyl sites for hydroxylation is 1. The lowest BCUT2D eigenvalue weighted by molar-refractivity contribution is 0.0168. The third-order valence-electron chi connectivity index (χ3n) is 3.75. The smallest absolute Gasteiger partial charge is 0.190 e. The van der Waals surface area contributed by atoms with Crippen LogP contribution in [0.2, 0.25) is 0 Å². The summed E-state index contributed by atoms with van der Waals surface area (Å²) in [6.45, 7) is 5.06. The van der Waals surface area contributed by atoms with Gasteiger partial charge in [0, 0.05) is 52.3 Å². The second-order valence-electron chi connectivity index (χ2n) is 5.64. The summed E-state index contributed by atoms with van der Waals surface area (Å²) >= 11 is 0. The van der Waals surface area contributed by atoms with Gasteiger partial charge in [-0.15, -0.1) is 24.0 Å². The predicted octanol–water partition coefficient (Wildman–Crippen LogP) is 1.64. The summed E-state index contributed by atoms with van der Waals surface area (Å²) in [6, 6.07) is 0. The monoisotopic (exact) mass is 451 g/mol. The van der Waals surface area contributed by atoms with Crippen molar-refractivity contribution in [3.63, 3.8) is 0 Å². The predicted molar refractivity (Wildman–Crippen MR) is 106 cm³/mol. The lowest BCUT2D eigenvalue weighted by Gasteiger charge is -2.13. The summed E-state index contributed by atoms with van der Waals surface area (Å²) < 4.78 is 13.2. The van der Waals surface area contributed by atoms with Crippen molar-refractivity contribution in [1.82, 2.24) is 20.2 Å². The van der Waals surface area contributed by atoms with E-state index >= 15 is 0 Å². The fourth-order valence-corrected chi connectivity index (χ4v) is 2.48. The first kappa shape index (κ1) is 21.2. The Morgan fingerprint density at radius 2 is 2.21 bits per heavy atom. The number of hydrogen-bond acceptors (Lipinski definition) is 4. The Hall–Kier alpha value is -0.870. The van der Waals surface area contributed by atoms with Gasteiger partial charge in [0.1, 0.15) is 0 Å². The van der Waals surface area contributed by atoms with Crippen LogP contribution in [-0.4, -0.2) is 61.6 Å². The average Bonchev–Trinajstić information content (AvgIpc) is 3.26. The molecule has 1 aromatic heterocycles. The minimum atomic E-state index is 0. The summed E-state index contributed by atoms with van der Waals surface area (Å²) in [5, 5.41) is 6.61. The standard InChI is InChI=1S/C16H29N5O2.HI/c1-17-16(19-6-3-9-21-10-8-18-14-21)20-7-4-11-22-13-15-5-2-12-23-15;/h8,10,14-15H,2-7,9,11-13H2,1H3,(H2,17,19,20);1H. The fraction of sp³-hybridized carbons (Fsp3) is 0.750. The molecular formula is C16H30IN5O2. The molecule has 0 saturated carbocycles. The number of aromatic nitrogens is 2. The van der Waals surface area contributed by atoms with Crippen LogP contribution in [0.15, 0.2) is 23.7 Å². The highest BCUT2D eigenvalue weighted by atomic mass is 127. The van der Waals surface area contributed by atoms with Gasteiger partial charge in [-0.2, -0.15) is 0 Å². The van der Waals surface area contributed by atoms with Gasteiger partial charge in [-0.25, -0.2) is 4.98 Å². The van der Waals surface area contributed by atoms with Gasteiger partial charge in [0.15, 0.2) is 5.96 Å². The topological polar surface area (TPSA) is 72.7 Å². The van der Waals surface area contributed by atoms with Gasteiger partial charge >= 0.3 is 0 Å². The van der Waals surface area contributed by atoms with Crippen molar-refractivity contribution in [3.05, 3.63) is 18.7 Å². The molecule has 1 atom stereocenters. The number of guanidine groups is 1. The molecule has 2 N–H and O–H groups in total. The van der Waals surface area contributed by atoms with E-state index in [1.807, 2.05) is 12.5 Å². The van der Waals surface area contributed by atoms with E-state index in [0.29, 0.717) is 6.10 Å². The average molecular weight is 451 g/mol. The van der Waals surface area contributed by atoms with E-state index in [1.54, 1.807) is 13.2 Å². The highest BCUT2D eigenvalue weighted by molar-refractivity contribution is 14.0. The summed E-state index contributed by atoms with van der Waals surface area (Å²) in [5.41, 5.74) is 0. The third-order valence-corrected chi connectivity index (χ3v) is 3.75. The molecular weight excluding hydrogens is 421 g/mol. The summed E-state index contributed by atoms with van der Waals surface area (Å²) in [5.74, 6) is 0.842. The number of imidazole rings is 1. The first-order valence-electron chi connectivity index (χ1n) is 8.48. The molecule has 1 fully saturated rings. The minimum Gasteiger partial charge on any atom is -0.379 e. The van der Waals surface area contributed by atoms with Crippen LogP contribution in [0, 0.1) is 0 Å². The molecule has 24 heavy (non-hydrogen) atoms. The number of ether oxygens (including phenoxy) is 2. The van der Waals surface area contributed by atoms with Gasteiger partial charge in [-0.05, 0) is 25.7 Å². The summed E-state index contributed by atoms with van der Waals surface area (Å²) in [6.07, 6.45) is 10.2. The van der Waals surface area contributed by atoms with Crippen molar-refractivity contribution in [2.75, 3.05) is 40.0 Å². The zero-order valence-electron chi connectivity index (χ0n) is 14.4. The third kappa shape index (κ3) is 8.84. The quantitative estimate of drug-likeness (QED) is 0.245. The van der Waals surface area contributed by atoms with E-state index < -0.39 is 0 Å². The van der Waals surface area contributed by atoms with Crippen LogP contribution >= 0.6 is 24.0 Å². The first-order chi connectivity index (χ1) is 11.4. The summed E-state index contributed by atoms with van der Waals surface area (Å²) in [4.78, 5) is 8.25. The zero-order valence-corrected chi connectivity index (χ0v) is 16.8. The highest BCUT2D eigenvalue weighted by Crippen LogP contribution is 2.11. The molecule has 0 bridgehead atoms. The lowest BCUT2D eigenvalue weighted by Crippen LogP contribution is -2.38. The van der Waals surface area contributed by atoms with E-state index in [1.165, 1.54) is 6.42 Å². The van der Waals surface area contributed by atoms with Crippen molar-refractivity contribution in [3.8, 4) is 0 Å². The number of aliphatic imine (C=N–C) groups is 1. The molecule has 2 rings (SSSR count). The largest absolute Gasteiger partial charge is 0.379 e. The van der Waals surface area contributed by atoms with Crippen molar-refractivity contribution in [2.45, 2.75) is 38.3 Å². The number of hydrogen-bond donors (Lipinski definition) is 2. The summed E-state index contributed by atoms with van der Waals surface area (Å²) in [7, 11) is 1.79. The SMILES string of the molecule is CN=C(NCCCOCC1CCCO1)NCCCn1ccnc1.I. The van der Waals surface area contributed by atoms with Crippen molar-refractivity contribution in [1.29, 1.82) is 0 Å². The van der Waals surface area contributed by atoms with E-state index in [2.05, 4.69) is 25.2 Å². The molecule has 0 radical (unpaired) electrons. The van der Waals surface area contributed by atoms with E-state index in [-0.39, 0.29) is 24.0 Å². The molecule has 1 saturated heterocycles. The van der Waals surface area contributed by atoms with Crippen LogP contribution in [0.25, 0.3) is 0 Å². The Labute approximate surface area is 161 Å². The van der Waals surface area contributed by atoms with Crippen molar-refractivity contribution < 1.29 is 9.47 Å². The maximum atomic E-state index is 5.64. The molecule has 2 heterocycles. The molecule has 138 valence electrons. The lowest BCUT2D eigenvalue weighted by atomic mass is 10.2. The van der Waals surface area contributed by atoms with Gasteiger partial charge in [0.2, 0.25) is 0 Å². The Morgan fingerprint density at radius 3 is 2.88 bits per heavy atom.